The quantitative estimate of drug-likeness (QED) is 0.642. The van der Waals surface area contributed by atoms with Crippen molar-refractivity contribution in [3.8, 4) is 0 Å². The van der Waals surface area contributed by atoms with Crippen LogP contribution in [0.25, 0.3) is 0 Å². The van der Waals surface area contributed by atoms with E-state index in [4.69, 9.17) is 10.2 Å². The largest absolute Gasteiger partial charge is 0.480 e. The number of aliphatic carboxylic acids is 1. The van der Waals surface area contributed by atoms with Crippen LogP contribution in [0.4, 0.5) is 0 Å². The van der Waals surface area contributed by atoms with E-state index in [1.165, 1.54) is 0 Å². The fraction of sp³-hybridized carbons (Fsp3) is 0.700. The van der Waals surface area contributed by atoms with Crippen molar-refractivity contribution in [2.24, 2.45) is 5.41 Å². The zero-order valence-electron chi connectivity index (χ0n) is 9.27. The smallest absolute Gasteiger partial charge is 0.329 e. The number of imide groups is 1. The molecule has 1 fully saturated rings. The Balaban J connectivity index is 2.94. The van der Waals surface area contributed by atoms with Gasteiger partial charge in [0, 0.05) is 12.8 Å². The highest BCUT2D eigenvalue weighted by molar-refractivity contribution is 6.01. The summed E-state index contributed by atoms with van der Waals surface area (Å²) in [5.41, 5.74) is -0.441. The number of piperidine rings is 1. The van der Waals surface area contributed by atoms with E-state index in [1.54, 1.807) is 13.8 Å². The Hall–Kier alpha value is -1.43. The number of carbonyl (C=O) groups is 3. The molecule has 1 heterocycles. The lowest BCUT2D eigenvalue weighted by atomic mass is 9.81. The molecule has 2 amide bonds. The lowest BCUT2D eigenvalue weighted by Gasteiger charge is -2.36. The first-order valence-corrected chi connectivity index (χ1v) is 4.97. The molecule has 0 aliphatic carbocycles. The van der Waals surface area contributed by atoms with E-state index >= 15 is 0 Å². The summed E-state index contributed by atoms with van der Waals surface area (Å²) < 4.78 is 0. The monoisotopic (exact) mass is 229 g/mol. The van der Waals surface area contributed by atoms with Crippen molar-refractivity contribution in [3.63, 3.8) is 0 Å². The van der Waals surface area contributed by atoms with E-state index in [0.29, 0.717) is 4.90 Å². The van der Waals surface area contributed by atoms with Crippen LogP contribution < -0.4 is 0 Å². The molecule has 0 aromatic rings. The van der Waals surface area contributed by atoms with Crippen molar-refractivity contribution in [2.75, 3.05) is 6.61 Å². The Labute approximate surface area is 92.9 Å². The van der Waals surface area contributed by atoms with Gasteiger partial charge >= 0.3 is 5.97 Å². The second-order valence-electron chi connectivity index (χ2n) is 4.71. The first-order chi connectivity index (χ1) is 7.28. The first-order valence-electron chi connectivity index (χ1n) is 4.97. The van der Waals surface area contributed by atoms with Gasteiger partial charge in [-0.1, -0.05) is 13.8 Å². The molecule has 0 radical (unpaired) electrons. The SMILES string of the molecule is CC1(C)CC(=O)N(C(CO)C(=O)O)C(=O)C1. The van der Waals surface area contributed by atoms with Crippen molar-refractivity contribution in [3.05, 3.63) is 0 Å². The third-order valence-electron chi connectivity index (χ3n) is 2.57. The molecule has 0 spiro atoms. The highest BCUT2D eigenvalue weighted by Crippen LogP contribution is 2.32. The van der Waals surface area contributed by atoms with Gasteiger partial charge in [-0.05, 0) is 5.41 Å². The molecule has 1 aliphatic rings. The number of nitrogens with zero attached hydrogens (tertiary/aromatic N) is 1. The minimum absolute atomic E-state index is 0.114. The summed E-state index contributed by atoms with van der Waals surface area (Å²) in [6.07, 6.45) is 0.227. The molecular weight excluding hydrogens is 214 g/mol. The predicted octanol–water partition coefficient (Wildman–Crippen LogP) is -0.393. The van der Waals surface area contributed by atoms with Gasteiger partial charge in [-0.25, -0.2) is 4.79 Å². The number of hydrogen-bond acceptors (Lipinski definition) is 4. The summed E-state index contributed by atoms with van der Waals surface area (Å²) in [7, 11) is 0. The van der Waals surface area contributed by atoms with E-state index in [1.807, 2.05) is 0 Å². The second kappa shape index (κ2) is 4.21. The molecule has 0 saturated carbocycles. The van der Waals surface area contributed by atoms with Crippen molar-refractivity contribution in [1.82, 2.24) is 4.90 Å². The number of carboxylic acid groups (broad SMARTS) is 1. The van der Waals surface area contributed by atoms with Crippen LogP contribution in [0.1, 0.15) is 26.7 Å². The first kappa shape index (κ1) is 12.6. The average Bonchev–Trinajstić information content (AvgIpc) is 2.08. The fourth-order valence-electron chi connectivity index (χ4n) is 1.81. The number of aliphatic hydroxyl groups excluding tert-OH is 1. The minimum atomic E-state index is -1.46. The standard InChI is InChI=1S/C10H15NO5/c1-10(2)3-7(13)11(8(14)4-10)6(5-12)9(15)16/h6,12H,3-5H2,1-2H3,(H,15,16). The number of likely N-dealkylation sites (tertiary alicyclic amines) is 1. The summed E-state index contributed by atoms with van der Waals surface area (Å²) in [6.45, 7) is 2.79. The summed E-state index contributed by atoms with van der Waals surface area (Å²) in [5.74, 6) is -2.45. The molecule has 6 heteroatoms. The minimum Gasteiger partial charge on any atom is -0.480 e. The molecule has 0 aromatic heterocycles. The highest BCUT2D eigenvalue weighted by atomic mass is 16.4. The Kier molecular flexibility index (Phi) is 3.32. The van der Waals surface area contributed by atoms with Gasteiger partial charge in [0.25, 0.3) is 0 Å². The van der Waals surface area contributed by atoms with Crippen LogP contribution in [-0.2, 0) is 14.4 Å². The lowest BCUT2D eigenvalue weighted by Crippen LogP contribution is -2.55. The Bertz CT molecular complexity index is 316. The van der Waals surface area contributed by atoms with Gasteiger partial charge in [0.2, 0.25) is 11.8 Å². The van der Waals surface area contributed by atoms with Gasteiger partial charge < -0.3 is 10.2 Å². The van der Waals surface area contributed by atoms with Crippen LogP contribution >= 0.6 is 0 Å². The number of rotatable bonds is 3. The molecule has 1 unspecified atom stereocenters. The fourth-order valence-corrected chi connectivity index (χ4v) is 1.81. The van der Waals surface area contributed by atoms with E-state index in [9.17, 15) is 14.4 Å². The number of carboxylic acids is 1. The van der Waals surface area contributed by atoms with Crippen molar-refractivity contribution >= 4 is 17.8 Å². The normalized spacial score (nSPS) is 22.1. The number of aliphatic hydroxyl groups is 1. The molecule has 0 aromatic carbocycles. The molecule has 90 valence electrons. The molecule has 1 rings (SSSR count). The lowest BCUT2D eigenvalue weighted by molar-refractivity contribution is -0.165. The molecule has 1 atom stereocenters. The van der Waals surface area contributed by atoms with Crippen LogP contribution in [0.2, 0.25) is 0 Å². The van der Waals surface area contributed by atoms with E-state index in [-0.39, 0.29) is 12.8 Å². The Morgan fingerprint density at radius 1 is 1.38 bits per heavy atom. The summed E-state index contributed by atoms with van der Waals surface area (Å²) in [5, 5.41) is 17.7. The molecular formula is C10H15NO5. The summed E-state index contributed by atoms with van der Waals surface area (Å²) in [4.78, 5) is 34.7. The molecule has 1 saturated heterocycles. The van der Waals surface area contributed by atoms with Gasteiger partial charge in [-0.2, -0.15) is 0 Å². The third kappa shape index (κ3) is 2.38. The van der Waals surface area contributed by atoms with Crippen molar-refractivity contribution in [2.45, 2.75) is 32.7 Å². The van der Waals surface area contributed by atoms with Crippen LogP contribution in [0.5, 0.6) is 0 Å². The van der Waals surface area contributed by atoms with Crippen LogP contribution in [0.15, 0.2) is 0 Å². The van der Waals surface area contributed by atoms with E-state index < -0.39 is 35.8 Å². The number of amides is 2. The molecule has 1 aliphatic heterocycles. The maximum absolute atomic E-state index is 11.7. The molecule has 2 N–H and O–H groups in total. The molecule has 16 heavy (non-hydrogen) atoms. The van der Waals surface area contributed by atoms with Crippen LogP contribution in [-0.4, -0.2) is 45.5 Å². The van der Waals surface area contributed by atoms with Crippen molar-refractivity contribution < 1.29 is 24.6 Å². The second-order valence-corrected chi connectivity index (χ2v) is 4.71. The Morgan fingerprint density at radius 3 is 2.12 bits per heavy atom. The topological polar surface area (TPSA) is 94.9 Å². The third-order valence-corrected chi connectivity index (χ3v) is 2.57. The maximum Gasteiger partial charge on any atom is 0.329 e. The zero-order valence-corrected chi connectivity index (χ0v) is 9.27. The van der Waals surface area contributed by atoms with Gasteiger partial charge in [0.05, 0.1) is 6.61 Å². The zero-order chi connectivity index (χ0) is 12.5. The predicted molar refractivity (Wildman–Crippen MR) is 53.4 cm³/mol. The number of hydrogen-bond donors (Lipinski definition) is 2. The van der Waals surface area contributed by atoms with Crippen LogP contribution in [0, 0.1) is 5.41 Å². The van der Waals surface area contributed by atoms with E-state index in [2.05, 4.69) is 0 Å². The molecule has 0 bridgehead atoms. The average molecular weight is 229 g/mol. The van der Waals surface area contributed by atoms with E-state index in [0.717, 1.165) is 0 Å². The highest BCUT2D eigenvalue weighted by Gasteiger charge is 2.42. The summed E-state index contributed by atoms with van der Waals surface area (Å²) in [6, 6.07) is -1.46. The van der Waals surface area contributed by atoms with Gasteiger partial charge in [0.15, 0.2) is 6.04 Å². The summed E-state index contributed by atoms with van der Waals surface area (Å²) >= 11 is 0. The maximum atomic E-state index is 11.7. The number of carbonyl (C=O) groups excluding carboxylic acids is 2. The Morgan fingerprint density at radius 2 is 1.81 bits per heavy atom. The van der Waals surface area contributed by atoms with Crippen molar-refractivity contribution in [1.29, 1.82) is 0 Å². The van der Waals surface area contributed by atoms with Gasteiger partial charge in [0.1, 0.15) is 0 Å². The van der Waals surface area contributed by atoms with Gasteiger partial charge in [-0.3, -0.25) is 14.5 Å². The van der Waals surface area contributed by atoms with Gasteiger partial charge in [-0.15, -0.1) is 0 Å². The van der Waals surface area contributed by atoms with Crippen LogP contribution in [0.3, 0.4) is 0 Å². The molecule has 6 nitrogen and oxygen atoms in total.